The number of fused-ring (bicyclic) bond motifs is 2. The number of hydrogen-bond acceptors (Lipinski definition) is 5. The standard InChI is InChI=1S/C18H22NO5/c1-19-8-16(20)18(4-3-10(22-2)5-15(18)19)12-7-14-13(23-9-24-14)6-11(12)17(19)21/h3-4,6-7,10,15-17,20-21H,5,8-9H2,1-2H3/q+1/t10-,15+,16+,17-,18+,19+/m0/s1. The maximum atomic E-state index is 11.2. The van der Waals surface area contributed by atoms with Crippen molar-refractivity contribution in [1.29, 1.82) is 0 Å². The molecular weight excluding hydrogens is 310 g/mol. The summed E-state index contributed by atoms with van der Waals surface area (Å²) in [5.74, 6) is 1.35. The van der Waals surface area contributed by atoms with Crippen molar-refractivity contribution in [3.8, 4) is 11.5 Å². The summed E-state index contributed by atoms with van der Waals surface area (Å²) in [4.78, 5) is 0. The Labute approximate surface area is 140 Å². The van der Waals surface area contributed by atoms with Gasteiger partial charge in [0.1, 0.15) is 18.7 Å². The molecule has 24 heavy (non-hydrogen) atoms. The quantitative estimate of drug-likeness (QED) is 0.589. The molecule has 1 aromatic rings. The zero-order valence-electron chi connectivity index (χ0n) is 13.8. The lowest BCUT2D eigenvalue weighted by molar-refractivity contribution is -0.976. The molecule has 2 bridgehead atoms. The third kappa shape index (κ3) is 1.51. The molecule has 4 aliphatic rings. The number of quaternary nitrogens is 1. The number of rotatable bonds is 1. The second-order valence-electron chi connectivity index (χ2n) is 7.53. The van der Waals surface area contributed by atoms with Gasteiger partial charge in [-0.05, 0) is 17.7 Å². The Hall–Kier alpha value is -1.60. The van der Waals surface area contributed by atoms with Gasteiger partial charge in [-0.2, -0.15) is 0 Å². The largest absolute Gasteiger partial charge is 0.454 e. The van der Waals surface area contributed by atoms with Crippen molar-refractivity contribution < 1.29 is 28.9 Å². The summed E-state index contributed by atoms with van der Waals surface area (Å²) in [5.41, 5.74) is 1.27. The number of nitrogens with zero attached hydrogens (tertiary/aromatic N) is 1. The highest BCUT2D eigenvalue weighted by atomic mass is 16.7. The van der Waals surface area contributed by atoms with Crippen molar-refractivity contribution in [1.82, 2.24) is 0 Å². The van der Waals surface area contributed by atoms with E-state index in [2.05, 4.69) is 6.08 Å². The highest BCUT2D eigenvalue weighted by Gasteiger charge is 2.69. The summed E-state index contributed by atoms with van der Waals surface area (Å²) in [6.07, 6.45) is 3.66. The molecule has 5 rings (SSSR count). The predicted octanol–water partition coefficient (Wildman–Crippen LogP) is 0.822. The predicted molar refractivity (Wildman–Crippen MR) is 84.6 cm³/mol. The SMILES string of the molecule is CO[C@H]1C=C[C@]23c4cc5c(cc4[C@H](O)[N@+](C)(C[C@H]2O)[C@@H]3C1)OCO5. The Morgan fingerprint density at radius 3 is 2.75 bits per heavy atom. The molecular formula is C18H22NO5+. The van der Waals surface area contributed by atoms with Crippen molar-refractivity contribution in [2.45, 2.75) is 36.3 Å². The van der Waals surface area contributed by atoms with Gasteiger partial charge in [0.05, 0.1) is 18.6 Å². The lowest BCUT2D eigenvalue weighted by Crippen LogP contribution is -2.61. The van der Waals surface area contributed by atoms with Crippen LogP contribution in [0, 0.1) is 0 Å². The lowest BCUT2D eigenvalue weighted by atomic mass is 9.64. The minimum absolute atomic E-state index is 0.00800. The molecule has 0 radical (unpaired) electrons. The van der Waals surface area contributed by atoms with Crippen LogP contribution in [-0.2, 0) is 10.2 Å². The molecule has 3 heterocycles. The smallest absolute Gasteiger partial charge is 0.231 e. The van der Waals surface area contributed by atoms with Gasteiger partial charge in [0.25, 0.3) is 0 Å². The monoisotopic (exact) mass is 332 g/mol. The molecule has 2 N–H and O–H groups in total. The van der Waals surface area contributed by atoms with Gasteiger partial charge in [-0.1, -0.05) is 12.2 Å². The molecule has 1 aromatic carbocycles. The van der Waals surface area contributed by atoms with Crippen LogP contribution < -0.4 is 9.47 Å². The zero-order chi connectivity index (χ0) is 16.7. The Morgan fingerprint density at radius 2 is 2.00 bits per heavy atom. The van der Waals surface area contributed by atoms with Gasteiger partial charge in [0, 0.05) is 19.1 Å². The van der Waals surface area contributed by atoms with Crippen molar-refractivity contribution in [2.75, 3.05) is 27.5 Å². The summed E-state index contributed by atoms with van der Waals surface area (Å²) in [6, 6.07) is 3.89. The molecule has 0 amide bonds. The number of ether oxygens (including phenoxy) is 3. The summed E-state index contributed by atoms with van der Waals surface area (Å²) in [7, 11) is 3.73. The molecule has 3 aliphatic heterocycles. The van der Waals surface area contributed by atoms with E-state index in [0.717, 1.165) is 17.5 Å². The molecule has 0 spiro atoms. The molecule has 1 aliphatic carbocycles. The number of benzene rings is 1. The Morgan fingerprint density at radius 1 is 1.25 bits per heavy atom. The molecule has 1 fully saturated rings. The normalized spacial score (nSPS) is 44.3. The van der Waals surface area contributed by atoms with Crippen molar-refractivity contribution in [3.63, 3.8) is 0 Å². The van der Waals surface area contributed by atoms with Gasteiger partial charge in [-0.25, -0.2) is 0 Å². The first-order chi connectivity index (χ1) is 11.5. The molecule has 1 saturated heterocycles. The van der Waals surface area contributed by atoms with Crippen LogP contribution in [0.1, 0.15) is 23.8 Å². The number of aliphatic hydroxyl groups excluding tert-OH is 2. The van der Waals surface area contributed by atoms with Gasteiger partial charge >= 0.3 is 0 Å². The number of aliphatic hydroxyl groups is 2. The summed E-state index contributed by atoms with van der Waals surface area (Å²) >= 11 is 0. The fraction of sp³-hybridized carbons (Fsp3) is 0.556. The van der Waals surface area contributed by atoms with Crippen LogP contribution >= 0.6 is 0 Å². The van der Waals surface area contributed by atoms with Crippen molar-refractivity contribution in [3.05, 3.63) is 35.4 Å². The first-order valence-corrected chi connectivity index (χ1v) is 8.38. The molecule has 6 heteroatoms. The van der Waals surface area contributed by atoms with Crippen molar-refractivity contribution >= 4 is 0 Å². The third-order valence-electron chi connectivity index (χ3n) is 6.57. The molecule has 6 atom stereocenters. The number of likely N-dealkylation sites (N-methyl/N-ethyl adjacent to an activating group) is 1. The number of hydrogen-bond donors (Lipinski definition) is 2. The van der Waals surface area contributed by atoms with Crippen LogP contribution in [0.4, 0.5) is 0 Å². The van der Waals surface area contributed by atoms with Gasteiger partial charge in [0.15, 0.2) is 11.5 Å². The van der Waals surface area contributed by atoms with Crippen LogP contribution in [0.15, 0.2) is 24.3 Å². The van der Waals surface area contributed by atoms with Gasteiger partial charge in [0.2, 0.25) is 13.0 Å². The van der Waals surface area contributed by atoms with E-state index in [9.17, 15) is 10.2 Å². The van der Waals surface area contributed by atoms with E-state index in [1.165, 1.54) is 0 Å². The minimum Gasteiger partial charge on any atom is -0.454 e. The Kier molecular flexibility index (Phi) is 2.77. The van der Waals surface area contributed by atoms with E-state index in [0.29, 0.717) is 22.5 Å². The maximum absolute atomic E-state index is 11.2. The molecule has 6 nitrogen and oxygen atoms in total. The first-order valence-electron chi connectivity index (χ1n) is 8.38. The summed E-state index contributed by atoms with van der Waals surface area (Å²) in [6.45, 7) is 0.703. The topological polar surface area (TPSA) is 68.2 Å². The van der Waals surface area contributed by atoms with Crippen LogP contribution in [-0.4, -0.2) is 60.4 Å². The van der Waals surface area contributed by atoms with E-state index >= 15 is 0 Å². The van der Waals surface area contributed by atoms with E-state index in [1.807, 2.05) is 25.3 Å². The van der Waals surface area contributed by atoms with Crippen LogP contribution in [0.2, 0.25) is 0 Å². The van der Waals surface area contributed by atoms with Gasteiger partial charge in [-0.3, -0.25) is 4.48 Å². The summed E-state index contributed by atoms with van der Waals surface area (Å²) < 4.78 is 17.0. The van der Waals surface area contributed by atoms with Crippen LogP contribution in [0.5, 0.6) is 11.5 Å². The Balaban J connectivity index is 1.79. The summed E-state index contributed by atoms with van der Waals surface area (Å²) in [5, 5.41) is 22.2. The van der Waals surface area contributed by atoms with Gasteiger partial charge in [-0.15, -0.1) is 0 Å². The lowest BCUT2D eigenvalue weighted by Gasteiger charge is -2.51. The number of methoxy groups -OCH3 is 1. The average molecular weight is 332 g/mol. The van der Waals surface area contributed by atoms with Crippen LogP contribution in [0.25, 0.3) is 0 Å². The van der Waals surface area contributed by atoms with E-state index in [1.54, 1.807) is 7.11 Å². The molecule has 128 valence electrons. The second-order valence-corrected chi connectivity index (χ2v) is 7.53. The third-order valence-corrected chi connectivity index (χ3v) is 6.57. The highest BCUT2D eigenvalue weighted by Crippen LogP contribution is 2.59. The van der Waals surface area contributed by atoms with E-state index < -0.39 is 17.7 Å². The van der Waals surface area contributed by atoms with Crippen molar-refractivity contribution in [2.24, 2.45) is 0 Å². The fourth-order valence-electron chi connectivity index (χ4n) is 5.34. The van der Waals surface area contributed by atoms with Gasteiger partial charge < -0.3 is 24.4 Å². The average Bonchev–Trinajstić information content (AvgIpc) is 3.12. The van der Waals surface area contributed by atoms with E-state index in [-0.39, 0.29) is 18.9 Å². The molecule has 0 aromatic heterocycles. The Bertz CT molecular complexity index is 749. The molecule has 0 unspecified atom stereocenters. The maximum Gasteiger partial charge on any atom is 0.231 e. The second kappa shape index (κ2) is 4.52. The fourth-order valence-corrected chi connectivity index (χ4v) is 5.34. The van der Waals surface area contributed by atoms with Crippen LogP contribution in [0.3, 0.4) is 0 Å². The zero-order valence-corrected chi connectivity index (χ0v) is 13.8. The molecule has 0 saturated carbocycles. The highest BCUT2D eigenvalue weighted by molar-refractivity contribution is 5.56. The minimum atomic E-state index is -0.700. The first kappa shape index (κ1) is 14.7. The van der Waals surface area contributed by atoms with E-state index in [4.69, 9.17) is 14.2 Å².